The van der Waals surface area contributed by atoms with Crippen LogP contribution >= 0.6 is 0 Å². The number of carbonyl (C=O) groups is 2. The van der Waals surface area contributed by atoms with Gasteiger partial charge in [-0.25, -0.2) is 9.38 Å². The van der Waals surface area contributed by atoms with Crippen molar-refractivity contribution in [3.63, 3.8) is 0 Å². The molecule has 0 bridgehead atoms. The predicted octanol–water partition coefficient (Wildman–Crippen LogP) is 4.74. The highest BCUT2D eigenvalue weighted by Crippen LogP contribution is 2.36. The number of guanidine groups is 1. The van der Waals surface area contributed by atoms with Gasteiger partial charge >= 0.3 is 0 Å². The molecule has 0 spiro atoms. The first-order valence-electron chi connectivity index (χ1n) is 14.3. The van der Waals surface area contributed by atoms with Crippen LogP contribution in [0.2, 0.25) is 0 Å². The molecular formula is C30H45FN4O5. The van der Waals surface area contributed by atoms with Crippen LogP contribution in [0.25, 0.3) is 0 Å². The number of aliphatic imine (C=N–C) groups is 1. The van der Waals surface area contributed by atoms with Crippen molar-refractivity contribution >= 4 is 17.8 Å². The third kappa shape index (κ3) is 7.62. The van der Waals surface area contributed by atoms with Crippen LogP contribution in [0.3, 0.4) is 0 Å². The van der Waals surface area contributed by atoms with Crippen LogP contribution in [0, 0.1) is 0 Å². The molecule has 0 saturated carbocycles. The van der Waals surface area contributed by atoms with Gasteiger partial charge in [-0.05, 0) is 44.5 Å². The minimum absolute atomic E-state index is 0.0186. The molecule has 1 aromatic rings. The zero-order chi connectivity index (χ0) is 30.0. The Labute approximate surface area is 237 Å². The van der Waals surface area contributed by atoms with Crippen molar-refractivity contribution in [1.82, 2.24) is 10.2 Å². The fourth-order valence-electron chi connectivity index (χ4n) is 4.66. The lowest BCUT2D eigenvalue weighted by atomic mass is 9.84. The molecule has 2 heterocycles. The zero-order valence-electron chi connectivity index (χ0n) is 24.8. The van der Waals surface area contributed by atoms with Crippen LogP contribution in [0.15, 0.2) is 46.4 Å². The fourth-order valence-corrected chi connectivity index (χ4v) is 4.66. The van der Waals surface area contributed by atoms with Crippen molar-refractivity contribution in [2.45, 2.75) is 98.4 Å². The van der Waals surface area contributed by atoms with E-state index in [9.17, 15) is 19.1 Å². The van der Waals surface area contributed by atoms with Crippen molar-refractivity contribution in [1.29, 1.82) is 0 Å². The van der Waals surface area contributed by atoms with Gasteiger partial charge in [0.2, 0.25) is 5.91 Å². The van der Waals surface area contributed by atoms with E-state index in [4.69, 9.17) is 15.2 Å². The topological polar surface area (TPSA) is 126 Å². The second-order valence-electron chi connectivity index (χ2n) is 9.51. The Morgan fingerprint density at radius 2 is 1.98 bits per heavy atom. The number of nitrogens with one attached hydrogen (secondary N) is 1. The monoisotopic (exact) mass is 560 g/mol. The summed E-state index contributed by atoms with van der Waals surface area (Å²) in [4.78, 5) is 31.8. The number of rotatable bonds is 7. The Morgan fingerprint density at radius 1 is 1.27 bits per heavy atom. The van der Waals surface area contributed by atoms with Gasteiger partial charge in [0.05, 0.1) is 25.2 Å². The number of allylic oxidation sites excluding steroid dienone is 2. The van der Waals surface area contributed by atoms with Gasteiger partial charge in [-0.15, -0.1) is 0 Å². The number of carbonyl (C=O) groups excluding carboxylic acids is 2. The van der Waals surface area contributed by atoms with Crippen molar-refractivity contribution in [3.8, 4) is 5.75 Å². The average Bonchev–Trinajstić information content (AvgIpc) is 2.95. The molecule has 0 fully saturated rings. The second kappa shape index (κ2) is 14.8. The van der Waals surface area contributed by atoms with E-state index in [1.807, 2.05) is 41.5 Å². The lowest BCUT2D eigenvalue weighted by Gasteiger charge is -2.40. The Hall–Kier alpha value is -3.40. The molecule has 1 aliphatic carbocycles. The first-order chi connectivity index (χ1) is 19.1. The molecule has 0 radical (unpaired) electrons. The first-order valence-corrected chi connectivity index (χ1v) is 14.3. The highest BCUT2D eigenvalue weighted by Gasteiger charge is 2.42. The smallest absolute Gasteiger partial charge is 0.251 e. The van der Waals surface area contributed by atoms with Crippen molar-refractivity contribution in [2.75, 3.05) is 13.2 Å². The van der Waals surface area contributed by atoms with Gasteiger partial charge in [0.25, 0.3) is 5.91 Å². The Bertz CT molecular complexity index is 1140. The van der Waals surface area contributed by atoms with E-state index in [0.29, 0.717) is 47.7 Å². The van der Waals surface area contributed by atoms with Gasteiger partial charge in [-0.2, -0.15) is 0 Å². The van der Waals surface area contributed by atoms with E-state index in [1.165, 1.54) is 11.0 Å². The maximum absolute atomic E-state index is 14.1. The molecule has 4 N–H and O–H groups in total. The third-order valence-corrected chi connectivity index (χ3v) is 6.70. The Morgan fingerprint density at radius 3 is 2.60 bits per heavy atom. The average molecular weight is 561 g/mol. The summed E-state index contributed by atoms with van der Waals surface area (Å²) >= 11 is 0. The summed E-state index contributed by atoms with van der Waals surface area (Å²) in [5, 5.41) is 13.8. The number of amides is 2. The van der Waals surface area contributed by atoms with Crippen molar-refractivity contribution in [3.05, 3.63) is 52.6 Å². The summed E-state index contributed by atoms with van der Waals surface area (Å²) in [7, 11) is 0. The molecule has 0 aromatic heterocycles. The van der Waals surface area contributed by atoms with Crippen LogP contribution in [-0.4, -0.2) is 58.7 Å². The normalized spacial score (nSPS) is 23.7. The molecule has 2 aliphatic heterocycles. The molecular weight excluding hydrogens is 515 g/mol. The standard InChI is InChI=1S/C26H33FN4O5.2C2H6/c1-4-18-12-22(32)31(25(28)29-18)13-16-10-15(6-8-20(16)35-5-2)24(33)30-23-19-11-17(27)7-9-21(19)36-14-26(23,3)34;2*1-2/h6,8,10-11,18,23,34H,4-5,7,9,12-14H2,1-3H3,(H2,28,29)(H,30,33);2*1-2H3. The second-order valence-corrected chi connectivity index (χ2v) is 9.51. The molecule has 222 valence electrons. The molecule has 2 amide bonds. The van der Waals surface area contributed by atoms with Gasteiger partial charge in [-0.1, -0.05) is 34.6 Å². The number of aliphatic hydroxyl groups is 1. The number of nitrogens with two attached hydrogens (primary N) is 1. The number of benzene rings is 1. The van der Waals surface area contributed by atoms with Gasteiger partial charge < -0.3 is 25.6 Å². The maximum Gasteiger partial charge on any atom is 0.251 e. The van der Waals surface area contributed by atoms with Crippen molar-refractivity contribution < 1.29 is 28.6 Å². The summed E-state index contributed by atoms with van der Waals surface area (Å²) < 4.78 is 25.4. The van der Waals surface area contributed by atoms with E-state index in [-0.39, 0.29) is 49.7 Å². The van der Waals surface area contributed by atoms with Gasteiger partial charge in [0.15, 0.2) is 5.96 Å². The number of ether oxygens (including phenoxy) is 2. The van der Waals surface area contributed by atoms with Gasteiger partial charge in [0, 0.05) is 36.0 Å². The van der Waals surface area contributed by atoms with Crippen LogP contribution in [-0.2, 0) is 16.1 Å². The highest BCUT2D eigenvalue weighted by molar-refractivity contribution is 5.99. The SMILES string of the molecule is CC.CC.CCOc1ccc(C(=O)NC2C3=C(CCC(F)=C3)OCC2(C)O)cc1CN1C(=O)CC(CC)N=C1N. The number of hydrogen-bond donors (Lipinski definition) is 3. The molecule has 10 heteroatoms. The van der Waals surface area contributed by atoms with E-state index in [0.717, 1.165) is 0 Å². The van der Waals surface area contributed by atoms with Crippen molar-refractivity contribution in [2.24, 2.45) is 10.7 Å². The highest BCUT2D eigenvalue weighted by atomic mass is 19.1. The van der Waals surface area contributed by atoms with Gasteiger partial charge in [0.1, 0.15) is 29.5 Å². The first kappa shape index (κ1) is 32.8. The molecule has 0 saturated heterocycles. The summed E-state index contributed by atoms with van der Waals surface area (Å²) in [6.45, 7) is 13.8. The van der Waals surface area contributed by atoms with E-state index in [2.05, 4.69) is 10.3 Å². The summed E-state index contributed by atoms with van der Waals surface area (Å²) in [5.41, 5.74) is 5.97. The van der Waals surface area contributed by atoms with Gasteiger partial charge in [-0.3, -0.25) is 14.5 Å². The van der Waals surface area contributed by atoms with Crippen LogP contribution in [0.5, 0.6) is 5.75 Å². The molecule has 9 nitrogen and oxygen atoms in total. The number of halogens is 1. The van der Waals surface area contributed by atoms with Crippen LogP contribution in [0.4, 0.5) is 4.39 Å². The Kier molecular flexibility index (Phi) is 12.2. The summed E-state index contributed by atoms with van der Waals surface area (Å²) in [6, 6.07) is 3.91. The van der Waals surface area contributed by atoms with E-state index in [1.54, 1.807) is 25.1 Å². The number of nitrogens with zero attached hydrogens (tertiary/aromatic N) is 2. The number of hydrogen-bond acceptors (Lipinski definition) is 7. The van der Waals surface area contributed by atoms with Crippen LogP contribution < -0.4 is 15.8 Å². The molecule has 40 heavy (non-hydrogen) atoms. The Balaban J connectivity index is 0.00000134. The third-order valence-electron chi connectivity index (χ3n) is 6.70. The van der Waals surface area contributed by atoms with Crippen LogP contribution in [0.1, 0.15) is 90.1 Å². The quantitative estimate of drug-likeness (QED) is 0.442. The summed E-state index contributed by atoms with van der Waals surface area (Å²) in [6.07, 6.45) is 2.91. The molecule has 3 atom stereocenters. The fraction of sp³-hybridized carbons (Fsp3) is 0.567. The molecule has 4 rings (SSSR count). The molecule has 1 aromatic carbocycles. The maximum atomic E-state index is 14.1. The zero-order valence-corrected chi connectivity index (χ0v) is 24.8. The largest absolute Gasteiger partial charge is 0.494 e. The van der Waals surface area contributed by atoms with E-state index >= 15 is 0 Å². The lowest BCUT2D eigenvalue weighted by molar-refractivity contribution is -0.128. The predicted molar refractivity (Wildman–Crippen MR) is 154 cm³/mol. The minimum Gasteiger partial charge on any atom is -0.494 e. The summed E-state index contributed by atoms with van der Waals surface area (Å²) in [5.74, 6) is 0.301. The molecule has 3 aliphatic rings. The molecule has 3 unspecified atom stereocenters. The van der Waals surface area contributed by atoms with E-state index < -0.39 is 17.6 Å². The lowest BCUT2D eigenvalue weighted by Crippen LogP contribution is -2.57. The minimum atomic E-state index is -1.43.